The maximum absolute atomic E-state index is 11.9. The average Bonchev–Trinajstić information content (AvgIpc) is 2.60. The van der Waals surface area contributed by atoms with E-state index >= 15 is 0 Å². The first kappa shape index (κ1) is 16.2. The minimum Gasteiger partial charge on any atom is -0.451 e. The summed E-state index contributed by atoms with van der Waals surface area (Å²) in [6.07, 6.45) is -0.669. The molecule has 6 nitrogen and oxygen atoms in total. The molecule has 1 rings (SSSR count). The standard InChI is InChI=1S/C14H22N2O4/c1-7(2)15-11(18)6-20-14(19)13-8(3)12(10(5)17)9(4)16-13/h7,10,16-17H,6H2,1-5H3,(H,15,18)/t10-/m0/s1. The van der Waals surface area contributed by atoms with Gasteiger partial charge in [0, 0.05) is 17.3 Å². The SMILES string of the molecule is Cc1[nH]c(C(=O)OCC(=O)NC(C)C)c(C)c1[C@H](C)O. The number of hydrogen-bond acceptors (Lipinski definition) is 4. The zero-order chi connectivity index (χ0) is 15.4. The van der Waals surface area contributed by atoms with Gasteiger partial charge in [-0.1, -0.05) is 0 Å². The fourth-order valence-electron chi connectivity index (χ4n) is 2.16. The van der Waals surface area contributed by atoms with Crippen molar-refractivity contribution in [1.29, 1.82) is 0 Å². The molecule has 0 spiro atoms. The van der Waals surface area contributed by atoms with Crippen molar-refractivity contribution in [3.05, 3.63) is 22.5 Å². The third-order valence-electron chi connectivity index (χ3n) is 2.90. The molecular weight excluding hydrogens is 260 g/mol. The van der Waals surface area contributed by atoms with Crippen LogP contribution in [0.15, 0.2) is 0 Å². The van der Waals surface area contributed by atoms with Gasteiger partial charge in [-0.05, 0) is 40.2 Å². The largest absolute Gasteiger partial charge is 0.451 e. The molecule has 1 heterocycles. The van der Waals surface area contributed by atoms with E-state index in [9.17, 15) is 14.7 Å². The van der Waals surface area contributed by atoms with Crippen molar-refractivity contribution in [3.63, 3.8) is 0 Å². The van der Waals surface area contributed by atoms with E-state index < -0.39 is 12.1 Å². The highest BCUT2D eigenvalue weighted by molar-refractivity contribution is 5.91. The molecule has 1 aromatic heterocycles. The number of esters is 1. The van der Waals surface area contributed by atoms with E-state index in [1.165, 1.54) is 0 Å². The highest BCUT2D eigenvalue weighted by Crippen LogP contribution is 2.24. The summed E-state index contributed by atoms with van der Waals surface area (Å²) >= 11 is 0. The van der Waals surface area contributed by atoms with Crippen LogP contribution in [0.3, 0.4) is 0 Å². The van der Waals surface area contributed by atoms with Crippen LogP contribution in [0, 0.1) is 13.8 Å². The first-order chi connectivity index (χ1) is 9.23. The number of hydrogen-bond donors (Lipinski definition) is 3. The molecule has 0 fully saturated rings. The Labute approximate surface area is 118 Å². The number of ether oxygens (including phenoxy) is 1. The van der Waals surface area contributed by atoms with Crippen LogP contribution in [0.2, 0.25) is 0 Å². The molecule has 112 valence electrons. The lowest BCUT2D eigenvalue weighted by atomic mass is 10.1. The van der Waals surface area contributed by atoms with Gasteiger partial charge >= 0.3 is 5.97 Å². The smallest absolute Gasteiger partial charge is 0.355 e. The van der Waals surface area contributed by atoms with Gasteiger partial charge in [-0.3, -0.25) is 4.79 Å². The number of aromatic nitrogens is 1. The molecule has 0 saturated heterocycles. The second kappa shape index (κ2) is 6.56. The van der Waals surface area contributed by atoms with E-state index in [4.69, 9.17) is 4.74 Å². The first-order valence-corrected chi connectivity index (χ1v) is 6.57. The number of aromatic amines is 1. The summed E-state index contributed by atoms with van der Waals surface area (Å²) in [4.78, 5) is 26.2. The highest BCUT2D eigenvalue weighted by atomic mass is 16.5. The van der Waals surface area contributed by atoms with Gasteiger partial charge in [-0.15, -0.1) is 0 Å². The molecular formula is C14H22N2O4. The fourth-order valence-corrected chi connectivity index (χ4v) is 2.16. The van der Waals surface area contributed by atoms with E-state index in [2.05, 4.69) is 10.3 Å². The van der Waals surface area contributed by atoms with Crippen molar-refractivity contribution in [2.75, 3.05) is 6.61 Å². The minimum atomic E-state index is -0.669. The van der Waals surface area contributed by atoms with Crippen molar-refractivity contribution in [1.82, 2.24) is 10.3 Å². The highest BCUT2D eigenvalue weighted by Gasteiger charge is 2.21. The topological polar surface area (TPSA) is 91.4 Å². The van der Waals surface area contributed by atoms with Gasteiger partial charge in [0.15, 0.2) is 6.61 Å². The molecule has 0 unspecified atom stereocenters. The molecule has 1 atom stereocenters. The van der Waals surface area contributed by atoms with Gasteiger partial charge in [-0.25, -0.2) is 4.79 Å². The van der Waals surface area contributed by atoms with Crippen molar-refractivity contribution in [3.8, 4) is 0 Å². The van der Waals surface area contributed by atoms with Gasteiger partial charge < -0.3 is 20.1 Å². The zero-order valence-electron chi connectivity index (χ0n) is 12.5. The second-order valence-electron chi connectivity index (χ2n) is 5.14. The Morgan fingerprint density at radius 3 is 2.35 bits per heavy atom. The van der Waals surface area contributed by atoms with E-state index in [0.29, 0.717) is 11.1 Å². The molecule has 0 aliphatic rings. The maximum atomic E-state index is 11.9. The molecule has 20 heavy (non-hydrogen) atoms. The molecule has 0 aliphatic heterocycles. The number of nitrogens with one attached hydrogen (secondary N) is 2. The Bertz CT molecular complexity index is 504. The van der Waals surface area contributed by atoms with Crippen LogP contribution in [0.4, 0.5) is 0 Å². The van der Waals surface area contributed by atoms with Gasteiger partial charge in [0.1, 0.15) is 5.69 Å². The van der Waals surface area contributed by atoms with Crippen LogP contribution >= 0.6 is 0 Å². The van der Waals surface area contributed by atoms with Crippen molar-refractivity contribution < 1.29 is 19.4 Å². The number of carbonyl (C=O) groups is 2. The van der Waals surface area contributed by atoms with Crippen molar-refractivity contribution >= 4 is 11.9 Å². The summed E-state index contributed by atoms with van der Waals surface area (Å²) in [7, 11) is 0. The van der Waals surface area contributed by atoms with Crippen LogP contribution in [-0.4, -0.2) is 34.6 Å². The number of rotatable bonds is 5. The van der Waals surface area contributed by atoms with Crippen LogP contribution in [0.5, 0.6) is 0 Å². The lowest BCUT2D eigenvalue weighted by Crippen LogP contribution is -2.34. The molecule has 6 heteroatoms. The van der Waals surface area contributed by atoms with Crippen LogP contribution in [0.1, 0.15) is 54.2 Å². The first-order valence-electron chi connectivity index (χ1n) is 6.57. The molecule has 0 bridgehead atoms. The van der Waals surface area contributed by atoms with Crippen LogP contribution < -0.4 is 5.32 Å². The van der Waals surface area contributed by atoms with Gasteiger partial charge in [0.2, 0.25) is 0 Å². The van der Waals surface area contributed by atoms with Crippen molar-refractivity contribution in [2.24, 2.45) is 0 Å². The molecule has 0 saturated carbocycles. The van der Waals surface area contributed by atoms with Crippen molar-refractivity contribution in [2.45, 2.75) is 46.8 Å². The summed E-state index contributed by atoms with van der Waals surface area (Å²) in [6, 6.07) is -0.00230. The zero-order valence-corrected chi connectivity index (χ0v) is 12.5. The van der Waals surface area contributed by atoms with Gasteiger partial charge in [0.05, 0.1) is 6.10 Å². The predicted octanol–water partition coefficient (Wildman–Crippen LogP) is 1.37. The number of aliphatic hydroxyl groups excluding tert-OH is 1. The number of aryl methyl sites for hydroxylation is 1. The lowest BCUT2D eigenvalue weighted by Gasteiger charge is -2.09. The summed E-state index contributed by atoms with van der Waals surface area (Å²) in [6.45, 7) is 8.47. The van der Waals surface area contributed by atoms with Crippen LogP contribution in [0.25, 0.3) is 0 Å². The fraction of sp³-hybridized carbons (Fsp3) is 0.571. The predicted molar refractivity (Wildman–Crippen MR) is 74.5 cm³/mol. The Balaban J connectivity index is 2.74. The molecule has 3 N–H and O–H groups in total. The third-order valence-corrected chi connectivity index (χ3v) is 2.90. The molecule has 0 radical (unpaired) electrons. The third kappa shape index (κ3) is 3.84. The maximum Gasteiger partial charge on any atom is 0.355 e. The Hall–Kier alpha value is -1.82. The normalized spacial score (nSPS) is 12.3. The summed E-state index contributed by atoms with van der Waals surface area (Å²) in [5, 5.41) is 12.3. The number of amides is 1. The molecule has 0 aliphatic carbocycles. The van der Waals surface area contributed by atoms with Gasteiger partial charge in [-0.2, -0.15) is 0 Å². The van der Waals surface area contributed by atoms with E-state index in [0.717, 1.165) is 5.69 Å². The Morgan fingerprint density at radius 1 is 1.30 bits per heavy atom. The average molecular weight is 282 g/mol. The quantitative estimate of drug-likeness (QED) is 0.711. The summed E-state index contributed by atoms with van der Waals surface area (Å²) < 4.78 is 4.96. The summed E-state index contributed by atoms with van der Waals surface area (Å²) in [5.74, 6) is -0.943. The molecule has 1 amide bonds. The molecule has 1 aromatic rings. The van der Waals surface area contributed by atoms with E-state index in [1.54, 1.807) is 20.8 Å². The molecule has 0 aromatic carbocycles. The second-order valence-corrected chi connectivity index (χ2v) is 5.14. The summed E-state index contributed by atoms with van der Waals surface area (Å²) in [5.41, 5.74) is 2.32. The van der Waals surface area contributed by atoms with E-state index in [1.807, 2.05) is 13.8 Å². The minimum absolute atomic E-state index is 0.00230. The number of H-pyrrole nitrogens is 1. The Morgan fingerprint density at radius 2 is 1.90 bits per heavy atom. The monoisotopic (exact) mass is 282 g/mol. The number of carbonyl (C=O) groups excluding carboxylic acids is 2. The lowest BCUT2D eigenvalue weighted by molar-refractivity contribution is -0.124. The van der Waals surface area contributed by atoms with E-state index in [-0.39, 0.29) is 24.2 Å². The Kier molecular flexibility index (Phi) is 5.33. The number of aliphatic hydroxyl groups is 1. The van der Waals surface area contributed by atoms with Gasteiger partial charge in [0.25, 0.3) is 5.91 Å². The van der Waals surface area contributed by atoms with Crippen LogP contribution in [-0.2, 0) is 9.53 Å².